The maximum Gasteiger partial charge on any atom is 0.415 e. The van der Waals surface area contributed by atoms with Gasteiger partial charge in [0.15, 0.2) is 11.5 Å². The van der Waals surface area contributed by atoms with Crippen molar-refractivity contribution < 1.29 is 56.0 Å². The fourth-order valence-electron chi connectivity index (χ4n) is 7.10. The summed E-state index contributed by atoms with van der Waals surface area (Å²) in [6, 6.07) is 19.8. The van der Waals surface area contributed by atoms with E-state index in [0.717, 1.165) is 27.7 Å². The van der Waals surface area contributed by atoms with Gasteiger partial charge in [-0.1, -0.05) is 42.5 Å². The van der Waals surface area contributed by atoms with Gasteiger partial charge >= 0.3 is 10.9 Å². The van der Waals surface area contributed by atoms with Crippen molar-refractivity contribution in [3.63, 3.8) is 0 Å². The summed E-state index contributed by atoms with van der Waals surface area (Å²) in [5.74, 6) is 0.495. The van der Waals surface area contributed by atoms with Crippen molar-refractivity contribution in [1.82, 2.24) is 19.9 Å². The maximum absolute atomic E-state index is 14.0. The number of hydrogen-bond donors (Lipinski definition) is 1. The van der Waals surface area contributed by atoms with Crippen LogP contribution in [-0.2, 0) is 40.1 Å². The molecular formula is C37H37N5O12S. The molecule has 1 saturated heterocycles. The van der Waals surface area contributed by atoms with E-state index in [0.29, 0.717) is 17.9 Å². The number of carbonyl (C=O) groups excluding carboxylic acids is 2. The Bertz CT molecular complexity index is 2300. The number of carbonyl (C=O) groups is 2. The summed E-state index contributed by atoms with van der Waals surface area (Å²) in [5.41, 5.74) is 3.68. The number of ether oxygens (including phenoxy) is 6. The molecule has 0 spiro atoms. The molecule has 0 bridgehead atoms. The molecule has 0 saturated carbocycles. The molecule has 55 heavy (non-hydrogen) atoms. The number of aromatic nitrogens is 3. The van der Waals surface area contributed by atoms with Gasteiger partial charge in [-0.15, -0.1) is 0 Å². The minimum absolute atomic E-state index is 0.0649. The Morgan fingerprint density at radius 3 is 2.38 bits per heavy atom. The molecule has 17 nitrogen and oxygen atoms in total. The van der Waals surface area contributed by atoms with Crippen molar-refractivity contribution in [2.75, 3.05) is 66.1 Å². The number of nitrogens with one attached hydrogen (secondary N) is 1. The van der Waals surface area contributed by atoms with Crippen LogP contribution in [0.4, 0.5) is 0 Å². The van der Waals surface area contributed by atoms with Gasteiger partial charge in [-0.05, 0) is 46.4 Å². The fourth-order valence-corrected chi connectivity index (χ4v) is 8.39. The highest BCUT2D eigenvalue weighted by Gasteiger charge is 2.48. The number of amides is 2. The van der Waals surface area contributed by atoms with E-state index in [1.165, 1.54) is 24.3 Å². The van der Waals surface area contributed by atoms with Crippen LogP contribution in [-0.4, -0.2) is 112 Å². The lowest BCUT2D eigenvalue weighted by Gasteiger charge is -2.47. The van der Waals surface area contributed by atoms with Crippen LogP contribution in [0.3, 0.4) is 0 Å². The van der Waals surface area contributed by atoms with E-state index in [2.05, 4.69) is 14.8 Å². The molecule has 18 heteroatoms. The van der Waals surface area contributed by atoms with Gasteiger partial charge in [0.25, 0.3) is 9.84 Å². The van der Waals surface area contributed by atoms with E-state index in [4.69, 9.17) is 28.4 Å². The number of aromatic amines is 1. The second-order valence-corrected chi connectivity index (χ2v) is 14.8. The summed E-state index contributed by atoms with van der Waals surface area (Å²) < 4.78 is 63.4. The second kappa shape index (κ2) is 15.6. The molecule has 0 aliphatic carbocycles. The van der Waals surface area contributed by atoms with Gasteiger partial charge in [0, 0.05) is 29.6 Å². The number of para-hydroxylation sites is 1. The van der Waals surface area contributed by atoms with Crippen LogP contribution < -0.4 is 19.1 Å². The predicted molar refractivity (Wildman–Crippen MR) is 189 cm³/mol. The van der Waals surface area contributed by atoms with Crippen LogP contribution in [0.25, 0.3) is 10.9 Å². The molecule has 5 aromatic rings. The molecule has 288 valence electrons. The third kappa shape index (κ3) is 7.16. The van der Waals surface area contributed by atoms with E-state index in [1.807, 2.05) is 42.5 Å². The highest BCUT2D eigenvalue weighted by atomic mass is 32.2. The minimum Gasteiger partial charge on any atom is -0.454 e. The minimum atomic E-state index is -4.21. The zero-order chi connectivity index (χ0) is 37.9. The molecule has 5 heterocycles. The molecule has 2 atom stereocenters. The largest absolute Gasteiger partial charge is 0.454 e. The van der Waals surface area contributed by atoms with Crippen LogP contribution in [0.15, 0.2) is 87.3 Å². The first-order valence-corrected chi connectivity index (χ1v) is 19.1. The zero-order valence-corrected chi connectivity index (χ0v) is 30.3. The molecule has 2 amide bonds. The van der Waals surface area contributed by atoms with Gasteiger partial charge < -0.3 is 48.4 Å². The lowest BCUT2D eigenvalue weighted by atomic mass is 9.86. The first kappa shape index (κ1) is 36.3. The number of nitrogens with zero attached hydrogens (tertiary/aromatic N) is 4. The quantitative estimate of drug-likeness (QED) is 0.113. The summed E-state index contributed by atoms with van der Waals surface area (Å²) in [4.78, 5) is 34.3. The first-order chi connectivity index (χ1) is 26.8. The van der Waals surface area contributed by atoms with Crippen molar-refractivity contribution >= 4 is 32.6 Å². The molecule has 8 rings (SSSR count). The van der Waals surface area contributed by atoms with Gasteiger partial charge in [-0.2, -0.15) is 0 Å². The topological polar surface area (TPSA) is 199 Å². The smallest absolute Gasteiger partial charge is 0.415 e. The van der Waals surface area contributed by atoms with E-state index in [-0.39, 0.29) is 87.7 Å². The zero-order valence-electron chi connectivity index (χ0n) is 29.5. The Hall–Kier alpha value is -5.69. The number of piperazine rings is 1. The van der Waals surface area contributed by atoms with Crippen LogP contribution in [0.2, 0.25) is 0 Å². The molecule has 1 N–H and O–H groups in total. The van der Waals surface area contributed by atoms with Crippen molar-refractivity contribution in [2.24, 2.45) is 0 Å². The SMILES string of the molecule is O=C1[C@H]2Cc3c([nH]c4ccccc34)[C@@H](c3ccc4c(c3)OCO4)N2C(=O)CN1CCOCCOCCOCCOc1no[n+]([O-])c1S(=O)(=O)c1ccccc1. The Kier molecular flexibility index (Phi) is 10.3. The summed E-state index contributed by atoms with van der Waals surface area (Å²) >= 11 is 0. The number of H-pyrrole nitrogens is 1. The lowest BCUT2D eigenvalue weighted by Crippen LogP contribution is -2.63. The van der Waals surface area contributed by atoms with Gasteiger partial charge in [0.05, 0.1) is 62.3 Å². The van der Waals surface area contributed by atoms with Crippen molar-refractivity contribution in [1.29, 1.82) is 0 Å². The Balaban J connectivity index is 0.779. The van der Waals surface area contributed by atoms with Gasteiger partial charge in [0.1, 0.15) is 12.6 Å². The van der Waals surface area contributed by atoms with Crippen LogP contribution in [0, 0.1) is 5.21 Å². The average molecular weight is 776 g/mol. The van der Waals surface area contributed by atoms with E-state index in [9.17, 15) is 23.2 Å². The number of benzene rings is 3. The van der Waals surface area contributed by atoms with Crippen LogP contribution >= 0.6 is 0 Å². The average Bonchev–Trinajstić information content (AvgIpc) is 3.93. The molecule has 2 aromatic heterocycles. The van der Waals surface area contributed by atoms with Crippen molar-refractivity contribution in [2.45, 2.75) is 28.4 Å². The molecule has 0 radical (unpaired) electrons. The van der Waals surface area contributed by atoms with Crippen LogP contribution in [0.1, 0.15) is 22.9 Å². The van der Waals surface area contributed by atoms with Gasteiger partial charge in [-0.25, -0.2) is 8.42 Å². The Labute approximate surface area is 314 Å². The van der Waals surface area contributed by atoms with E-state index >= 15 is 0 Å². The summed E-state index contributed by atoms with van der Waals surface area (Å²) in [5, 5.41) is 15.7. The monoisotopic (exact) mass is 775 g/mol. The molecule has 3 aliphatic heterocycles. The molecular weight excluding hydrogens is 738 g/mol. The molecule has 3 aliphatic rings. The van der Waals surface area contributed by atoms with E-state index < -0.39 is 32.8 Å². The molecule has 0 unspecified atom stereocenters. The number of sulfone groups is 1. The predicted octanol–water partition coefficient (Wildman–Crippen LogP) is 2.16. The third-order valence-corrected chi connectivity index (χ3v) is 11.4. The second-order valence-electron chi connectivity index (χ2n) is 12.9. The first-order valence-electron chi connectivity index (χ1n) is 17.7. The Morgan fingerprint density at radius 2 is 1.58 bits per heavy atom. The lowest BCUT2D eigenvalue weighted by molar-refractivity contribution is -0.832. The van der Waals surface area contributed by atoms with E-state index in [1.54, 1.807) is 15.9 Å². The van der Waals surface area contributed by atoms with Gasteiger partial charge in [-0.3, -0.25) is 14.2 Å². The summed E-state index contributed by atoms with van der Waals surface area (Å²) in [6.45, 7) is 1.51. The normalized spacial score (nSPS) is 17.8. The highest BCUT2D eigenvalue weighted by Crippen LogP contribution is 2.45. The Morgan fingerprint density at radius 1 is 0.873 bits per heavy atom. The summed E-state index contributed by atoms with van der Waals surface area (Å²) in [6.07, 6.45) is 0.391. The highest BCUT2D eigenvalue weighted by molar-refractivity contribution is 7.91. The van der Waals surface area contributed by atoms with Gasteiger partial charge in [0.2, 0.25) is 18.6 Å². The fraction of sp³-hybridized carbons (Fsp3) is 0.351. The molecule has 1 fully saturated rings. The molecule has 3 aromatic carbocycles. The van der Waals surface area contributed by atoms with Crippen LogP contribution in [0.5, 0.6) is 17.4 Å². The van der Waals surface area contributed by atoms with Crippen molar-refractivity contribution in [3.05, 3.63) is 94.8 Å². The maximum atomic E-state index is 14.0. The standard InChI is InChI=1S/C37H37N5O12S/c43-32-22-40(12-13-48-14-15-49-16-17-50-18-19-51-35-37(42(45)54-39-35)55(46,47)25-6-2-1-3-7-25)36(44)29-21-27-26-8-4-5-9-28(26)38-33(27)34(41(29)32)24-10-11-30-31(20-24)53-23-52-30/h1-11,20,29,34,38H,12-19,21-23H2/t29-,34-/m1/s1. The number of hydrogen-bond acceptors (Lipinski definition) is 13. The number of fused-ring (bicyclic) bond motifs is 5. The van der Waals surface area contributed by atoms with Crippen molar-refractivity contribution in [3.8, 4) is 17.4 Å². The summed E-state index contributed by atoms with van der Waals surface area (Å²) in [7, 11) is -4.21. The number of rotatable bonds is 16. The third-order valence-electron chi connectivity index (χ3n) is 9.63.